The predicted molar refractivity (Wildman–Crippen MR) is 35.7 cm³/mol. The maximum Gasteiger partial charge on any atom is 0.232 e. The zero-order chi connectivity index (χ0) is 7.56. The number of hydrogen-bond acceptors (Lipinski definition) is 2. The summed E-state index contributed by atoms with van der Waals surface area (Å²) in [5.41, 5.74) is 0.537. The van der Waals surface area contributed by atoms with Gasteiger partial charge in [-0.05, 0) is 0 Å². The number of aryl methyl sites for hydroxylation is 2. The van der Waals surface area contributed by atoms with Crippen molar-refractivity contribution < 1.29 is 0 Å². The lowest BCUT2D eigenvalue weighted by Gasteiger charge is -1.88. The lowest BCUT2D eigenvalue weighted by Crippen LogP contribution is -2.20. The molecule has 0 unspecified atom stereocenters. The van der Waals surface area contributed by atoms with Gasteiger partial charge in [-0.1, -0.05) is 5.10 Å². The Hall–Kier alpha value is -1.39. The van der Waals surface area contributed by atoms with Gasteiger partial charge in [0.15, 0.2) is 0 Å². The molecule has 0 atom stereocenters. The summed E-state index contributed by atoms with van der Waals surface area (Å²) in [6.07, 6.45) is 3.59. The predicted octanol–water partition coefficient (Wildman–Crippen LogP) is -0.0543. The van der Waals surface area contributed by atoms with Crippen molar-refractivity contribution in [1.82, 2.24) is 9.13 Å². The van der Waals surface area contributed by atoms with Crippen LogP contribution in [0.2, 0.25) is 0 Å². The molecule has 0 aliphatic heterocycles. The van der Waals surface area contributed by atoms with E-state index in [1.807, 2.05) is 0 Å². The first-order valence-electron chi connectivity index (χ1n) is 2.80. The van der Waals surface area contributed by atoms with Crippen molar-refractivity contribution in [2.75, 3.05) is 0 Å². The van der Waals surface area contributed by atoms with Gasteiger partial charge >= 0.3 is 0 Å². The molecule has 0 saturated carbocycles. The van der Waals surface area contributed by atoms with Gasteiger partial charge < -0.3 is 9.13 Å². The topological polar surface area (TPSA) is 51.6 Å². The first-order valence-corrected chi connectivity index (χ1v) is 2.80. The SMILES string of the molecule is Cn1ccn(C)c1=NN=O. The Bertz CT molecular complexity index is 272. The van der Waals surface area contributed by atoms with Gasteiger partial charge in [0, 0.05) is 26.5 Å². The van der Waals surface area contributed by atoms with Gasteiger partial charge in [-0.2, -0.15) is 0 Å². The van der Waals surface area contributed by atoms with Crippen LogP contribution in [0.3, 0.4) is 0 Å². The second kappa shape index (κ2) is 2.47. The molecule has 1 aromatic heterocycles. The third-order valence-corrected chi connectivity index (χ3v) is 1.28. The Morgan fingerprint density at radius 1 is 1.30 bits per heavy atom. The maximum atomic E-state index is 9.73. The summed E-state index contributed by atoms with van der Waals surface area (Å²) in [4.78, 5) is 9.73. The number of nitrogens with zero attached hydrogens (tertiary/aromatic N) is 4. The zero-order valence-electron chi connectivity index (χ0n) is 5.85. The molecule has 1 aromatic rings. The molecular weight excluding hydrogens is 132 g/mol. The van der Waals surface area contributed by atoms with Crippen molar-refractivity contribution in [3.05, 3.63) is 22.9 Å². The highest BCUT2D eigenvalue weighted by Gasteiger charge is 1.90. The third kappa shape index (κ3) is 0.975. The van der Waals surface area contributed by atoms with E-state index in [-0.39, 0.29) is 0 Å². The zero-order valence-corrected chi connectivity index (χ0v) is 5.85. The monoisotopic (exact) mass is 140 g/mol. The molecule has 0 amide bonds. The Morgan fingerprint density at radius 3 is 2.20 bits per heavy atom. The fourth-order valence-electron chi connectivity index (χ4n) is 0.760. The van der Waals surface area contributed by atoms with Crippen molar-refractivity contribution in [3.8, 4) is 0 Å². The summed E-state index contributed by atoms with van der Waals surface area (Å²) in [6, 6.07) is 0. The summed E-state index contributed by atoms with van der Waals surface area (Å²) in [7, 11) is 3.59. The summed E-state index contributed by atoms with van der Waals surface area (Å²) in [5.74, 6) is 0. The first-order chi connectivity index (χ1) is 4.75. The second-order valence-electron chi connectivity index (χ2n) is 2.00. The molecule has 1 heterocycles. The molecule has 0 N–H and O–H groups in total. The highest BCUT2D eigenvalue weighted by atomic mass is 16.3. The van der Waals surface area contributed by atoms with Gasteiger partial charge in [-0.15, -0.1) is 4.91 Å². The van der Waals surface area contributed by atoms with Crippen LogP contribution in [0, 0.1) is 4.91 Å². The molecule has 0 spiro atoms. The van der Waals surface area contributed by atoms with Crippen molar-refractivity contribution in [2.24, 2.45) is 24.5 Å². The van der Waals surface area contributed by atoms with E-state index in [9.17, 15) is 4.91 Å². The van der Waals surface area contributed by atoms with Crippen molar-refractivity contribution in [3.63, 3.8) is 0 Å². The first kappa shape index (κ1) is 6.73. The summed E-state index contributed by atoms with van der Waals surface area (Å²) < 4.78 is 3.42. The molecule has 0 saturated heterocycles. The van der Waals surface area contributed by atoms with E-state index < -0.39 is 0 Å². The van der Waals surface area contributed by atoms with Crippen LogP contribution < -0.4 is 5.62 Å². The standard InChI is InChI=1S/C5H8N4O/c1-8-3-4-9(2)5(8)6-7-10/h3-4H,1-2H3. The number of hydrogen-bond donors (Lipinski definition) is 0. The lowest BCUT2D eigenvalue weighted by molar-refractivity contribution is 0.726. The number of rotatable bonds is 1. The minimum atomic E-state index is 0.537. The van der Waals surface area contributed by atoms with Gasteiger partial charge in [0.2, 0.25) is 5.62 Å². The summed E-state index contributed by atoms with van der Waals surface area (Å²) >= 11 is 0. The normalized spacial score (nSPS) is 9.40. The van der Waals surface area contributed by atoms with Gasteiger partial charge in [-0.3, -0.25) is 0 Å². The van der Waals surface area contributed by atoms with Crippen LogP contribution in [0.4, 0.5) is 0 Å². The maximum absolute atomic E-state index is 9.73. The van der Waals surface area contributed by atoms with Crippen LogP contribution in [-0.4, -0.2) is 9.13 Å². The average Bonchev–Trinajstić information content (AvgIpc) is 2.20. The smallest absolute Gasteiger partial charge is 0.232 e. The van der Waals surface area contributed by atoms with E-state index in [2.05, 4.69) is 10.4 Å². The molecule has 0 fully saturated rings. The van der Waals surface area contributed by atoms with Crippen molar-refractivity contribution in [2.45, 2.75) is 0 Å². The van der Waals surface area contributed by atoms with E-state index >= 15 is 0 Å². The van der Waals surface area contributed by atoms with E-state index in [1.54, 1.807) is 35.6 Å². The lowest BCUT2D eigenvalue weighted by atomic mass is 10.9. The van der Waals surface area contributed by atoms with E-state index in [4.69, 9.17) is 0 Å². The Kier molecular flexibility index (Phi) is 1.66. The van der Waals surface area contributed by atoms with Gasteiger partial charge in [0.1, 0.15) is 0 Å². The molecule has 0 aliphatic rings. The van der Waals surface area contributed by atoms with Gasteiger partial charge in [0.25, 0.3) is 0 Å². The summed E-state index contributed by atoms with van der Waals surface area (Å²) in [5, 5.41) is 5.79. The molecular formula is C5H8N4O. The third-order valence-electron chi connectivity index (χ3n) is 1.28. The molecule has 54 valence electrons. The van der Waals surface area contributed by atoms with E-state index in [1.165, 1.54) is 0 Å². The number of nitroso groups, excluding NO2 is 1. The highest BCUT2D eigenvalue weighted by molar-refractivity contribution is 4.76. The fourth-order valence-corrected chi connectivity index (χ4v) is 0.760. The Morgan fingerprint density at radius 2 is 1.80 bits per heavy atom. The minimum absolute atomic E-state index is 0.537. The van der Waals surface area contributed by atoms with Crippen LogP contribution in [-0.2, 0) is 14.1 Å². The molecule has 5 nitrogen and oxygen atoms in total. The molecule has 5 heteroatoms. The van der Waals surface area contributed by atoms with Gasteiger partial charge in [0.05, 0.1) is 5.29 Å². The summed E-state index contributed by atoms with van der Waals surface area (Å²) in [6.45, 7) is 0. The largest absolute Gasteiger partial charge is 0.319 e. The molecule has 0 aromatic carbocycles. The molecule has 10 heavy (non-hydrogen) atoms. The van der Waals surface area contributed by atoms with Crippen LogP contribution in [0.25, 0.3) is 0 Å². The van der Waals surface area contributed by atoms with Crippen LogP contribution in [0.5, 0.6) is 0 Å². The molecule has 0 aliphatic carbocycles. The highest BCUT2D eigenvalue weighted by Crippen LogP contribution is 1.76. The van der Waals surface area contributed by atoms with E-state index in [0.29, 0.717) is 5.62 Å². The Balaban J connectivity index is 3.36. The average molecular weight is 140 g/mol. The number of aromatic nitrogens is 2. The van der Waals surface area contributed by atoms with Gasteiger partial charge in [-0.25, -0.2) is 0 Å². The number of imidazole rings is 1. The molecule has 0 bridgehead atoms. The molecule has 1 rings (SSSR count). The van der Waals surface area contributed by atoms with Crippen LogP contribution in [0.15, 0.2) is 22.8 Å². The van der Waals surface area contributed by atoms with Crippen molar-refractivity contribution >= 4 is 0 Å². The quantitative estimate of drug-likeness (QED) is 0.398. The Labute approximate surface area is 57.6 Å². The minimum Gasteiger partial charge on any atom is -0.319 e. The second-order valence-corrected chi connectivity index (χ2v) is 2.00. The molecule has 0 radical (unpaired) electrons. The van der Waals surface area contributed by atoms with Crippen molar-refractivity contribution in [1.29, 1.82) is 0 Å². The van der Waals surface area contributed by atoms with Crippen LogP contribution >= 0.6 is 0 Å². The van der Waals surface area contributed by atoms with E-state index in [0.717, 1.165) is 0 Å². The fraction of sp³-hybridized carbons (Fsp3) is 0.400. The van der Waals surface area contributed by atoms with Crippen LogP contribution in [0.1, 0.15) is 0 Å².